The summed E-state index contributed by atoms with van der Waals surface area (Å²) in [7, 11) is 0. The van der Waals surface area contributed by atoms with E-state index in [0.29, 0.717) is 0 Å². The molecule has 1 aliphatic rings. The minimum atomic E-state index is -0.0314. The first-order chi connectivity index (χ1) is 24.6. The fourth-order valence-electron chi connectivity index (χ4n) is 9.57. The van der Waals surface area contributed by atoms with Crippen LogP contribution in [0.2, 0.25) is 0 Å². The van der Waals surface area contributed by atoms with Crippen LogP contribution in [0.3, 0.4) is 0 Å². The lowest BCUT2D eigenvalue weighted by Crippen LogP contribution is -2.42. The van der Waals surface area contributed by atoms with E-state index in [-0.39, 0.29) is 16.2 Å². The van der Waals surface area contributed by atoms with Crippen molar-refractivity contribution < 1.29 is 0 Å². The van der Waals surface area contributed by atoms with Gasteiger partial charge in [-0.1, -0.05) is 126 Å². The molecule has 0 amide bonds. The summed E-state index contributed by atoms with van der Waals surface area (Å²) in [5.74, 6) is 0. The largest absolute Gasteiger partial charge is 0.309 e. The second-order valence-corrected chi connectivity index (χ2v) is 16.2. The fourth-order valence-corrected chi connectivity index (χ4v) is 9.57. The zero-order valence-corrected chi connectivity index (χ0v) is 30.3. The summed E-state index contributed by atoms with van der Waals surface area (Å²) in [6, 6.07) is 54.0. The number of para-hydroxylation sites is 2. The van der Waals surface area contributed by atoms with Gasteiger partial charge in [0.2, 0.25) is 0 Å². The average molecular weight is 659 g/mol. The Balaban J connectivity index is 1.29. The third kappa shape index (κ3) is 3.88. The maximum absolute atomic E-state index is 2.48. The maximum atomic E-state index is 2.48. The standard InChI is InChI=1S/C49H42N2/c1-47(2)39-24-28-43-45(46(39)48(3,4)49(47,5)6)38-30-33(23-26-41(38)51(43)35-18-11-8-12-19-35)32-22-25-40-37(29-32)44-36-20-14-13-15-31(36)21-27-42(44)50(40)34-16-9-7-10-17-34/h7-30H,1-6H3. The van der Waals surface area contributed by atoms with Crippen molar-refractivity contribution in [1.82, 2.24) is 9.13 Å². The van der Waals surface area contributed by atoms with Gasteiger partial charge in [-0.15, -0.1) is 0 Å². The molecule has 0 radical (unpaired) electrons. The lowest BCUT2D eigenvalue weighted by Gasteiger charge is -2.44. The van der Waals surface area contributed by atoms with Gasteiger partial charge in [0.15, 0.2) is 0 Å². The van der Waals surface area contributed by atoms with Crippen LogP contribution in [0, 0.1) is 5.41 Å². The summed E-state index contributed by atoms with van der Waals surface area (Å²) < 4.78 is 4.90. The molecule has 0 saturated heterocycles. The minimum absolute atomic E-state index is 0.0274. The quantitative estimate of drug-likeness (QED) is 0.179. The van der Waals surface area contributed by atoms with Crippen molar-refractivity contribution in [1.29, 1.82) is 0 Å². The normalized spacial score (nSPS) is 16.1. The summed E-state index contributed by atoms with van der Waals surface area (Å²) >= 11 is 0. The van der Waals surface area contributed by atoms with Gasteiger partial charge in [-0.2, -0.15) is 0 Å². The highest BCUT2D eigenvalue weighted by atomic mass is 15.0. The summed E-state index contributed by atoms with van der Waals surface area (Å²) in [5.41, 5.74) is 12.9. The predicted octanol–water partition coefficient (Wildman–Crippen LogP) is 13.3. The molecular weight excluding hydrogens is 617 g/mol. The number of rotatable bonds is 3. The second kappa shape index (κ2) is 10.2. The molecule has 2 nitrogen and oxygen atoms in total. The van der Waals surface area contributed by atoms with E-state index in [1.165, 1.54) is 88.0 Å². The second-order valence-electron chi connectivity index (χ2n) is 16.2. The summed E-state index contributed by atoms with van der Waals surface area (Å²) in [6.45, 7) is 14.8. The summed E-state index contributed by atoms with van der Waals surface area (Å²) in [4.78, 5) is 0. The molecule has 0 saturated carbocycles. The van der Waals surface area contributed by atoms with Crippen molar-refractivity contribution in [3.05, 3.63) is 157 Å². The monoisotopic (exact) mass is 658 g/mol. The molecule has 7 aromatic carbocycles. The Morgan fingerprint density at radius 1 is 0.392 bits per heavy atom. The Bertz CT molecular complexity index is 2860. The molecule has 9 aromatic rings. The smallest absolute Gasteiger partial charge is 0.0547 e. The van der Waals surface area contributed by atoms with Crippen LogP contribution < -0.4 is 0 Å². The van der Waals surface area contributed by atoms with Gasteiger partial charge in [-0.05, 0) is 110 Å². The SMILES string of the molecule is CC1(C)c2ccc3c(c2C(C)(C)C1(C)C)c1cc(-c2ccc4c(c2)c2c5ccccc5ccc2n4-c2ccccc2)ccc1n3-c1ccccc1. The highest BCUT2D eigenvalue weighted by Gasteiger charge is 2.57. The molecule has 0 N–H and O–H groups in total. The van der Waals surface area contributed by atoms with E-state index >= 15 is 0 Å². The van der Waals surface area contributed by atoms with Gasteiger partial charge in [0.25, 0.3) is 0 Å². The molecule has 0 unspecified atom stereocenters. The first-order valence-electron chi connectivity index (χ1n) is 18.3. The molecule has 2 heteroatoms. The van der Waals surface area contributed by atoms with Crippen molar-refractivity contribution in [2.75, 3.05) is 0 Å². The van der Waals surface area contributed by atoms with Crippen LogP contribution in [0.5, 0.6) is 0 Å². The van der Waals surface area contributed by atoms with E-state index in [4.69, 9.17) is 0 Å². The van der Waals surface area contributed by atoms with Crippen molar-refractivity contribution in [2.24, 2.45) is 5.41 Å². The number of benzene rings is 7. The number of fused-ring (bicyclic) bond motifs is 10. The lowest BCUT2D eigenvalue weighted by molar-refractivity contribution is 0.125. The summed E-state index contributed by atoms with van der Waals surface area (Å²) in [6.07, 6.45) is 0. The van der Waals surface area contributed by atoms with Crippen molar-refractivity contribution in [2.45, 2.75) is 52.4 Å². The van der Waals surface area contributed by atoms with Gasteiger partial charge < -0.3 is 9.13 Å². The Labute approximate surface area is 299 Å². The van der Waals surface area contributed by atoms with Gasteiger partial charge in [-0.3, -0.25) is 0 Å². The average Bonchev–Trinajstić information content (AvgIpc) is 3.70. The molecule has 0 fully saturated rings. The van der Waals surface area contributed by atoms with Gasteiger partial charge in [0, 0.05) is 32.9 Å². The third-order valence-electron chi connectivity index (χ3n) is 13.4. The molecule has 0 atom stereocenters. The van der Waals surface area contributed by atoms with Crippen LogP contribution in [0.15, 0.2) is 146 Å². The van der Waals surface area contributed by atoms with Crippen LogP contribution in [0.1, 0.15) is 52.7 Å². The molecule has 2 aromatic heterocycles. The molecule has 0 bridgehead atoms. The van der Waals surface area contributed by atoms with Crippen molar-refractivity contribution in [3.63, 3.8) is 0 Å². The van der Waals surface area contributed by atoms with Crippen molar-refractivity contribution in [3.8, 4) is 22.5 Å². The lowest BCUT2D eigenvalue weighted by atomic mass is 9.59. The zero-order valence-electron chi connectivity index (χ0n) is 30.3. The highest BCUT2D eigenvalue weighted by molar-refractivity contribution is 6.22. The van der Waals surface area contributed by atoms with E-state index in [1.54, 1.807) is 0 Å². The fraction of sp³-hybridized carbons (Fsp3) is 0.184. The van der Waals surface area contributed by atoms with E-state index in [0.717, 1.165) is 0 Å². The maximum Gasteiger partial charge on any atom is 0.0547 e. The molecule has 248 valence electrons. The third-order valence-corrected chi connectivity index (χ3v) is 13.4. The topological polar surface area (TPSA) is 9.86 Å². The van der Waals surface area contributed by atoms with Crippen LogP contribution in [0.25, 0.3) is 76.9 Å². The number of nitrogens with zero attached hydrogens (tertiary/aromatic N) is 2. The number of aromatic nitrogens is 2. The molecular formula is C49H42N2. The molecule has 1 aliphatic carbocycles. The van der Waals surface area contributed by atoms with Crippen LogP contribution in [-0.4, -0.2) is 9.13 Å². The first kappa shape index (κ1) is 30.2. The van der Waals surface area contributed by atoms with Gasteiger partial charge in [0.1, 0.15) is 0 Å². The van der Waals surface area contributed by atoms with E-state index in [2.05, 4.69) is 196 Å². The Kier molecular flexibility index (Phi) is 6.07. The number of hydrogen-bond acceptors (Lipinski definition) is 0. The number of hydrogen-bond donors (Lipinski definition) is 0. The Morgan fingerprint density at radius 2 is 0.882 bits per heavy atom. The molecule has 2 heterocycles. The van der Waals surface area contributed by atoms with Gasteiger partial charge >= 0.3 is 0 Å². The molecule has 0 aliphatic heterocycles. The minimum Gasteiger partial charge on any atom is -0.309 e. The Morgan fingerprint density at radius 3 is 1.49 bits per heavy atom. The molecule has 51 heavy (non-hydrogen) atoms. The highest BCUT2D eigenvalue weighted by Crippen LogP contribution is 2.63. The van der Waals surface area contributed by atoms with Gasteiger partial charge in [0.05, 0.1) is 22.1 Å². The first-order valence-corrected chi connectivity index (χ1v) is 18.3. The zero-order chi connectivity index (χ0) is 34.9. The van der Waals surface area contributed by atoms with Crippen molar-refractivity contribution >= 4 is 54.4 Å². The van der Waals surface area contributed by atoms with E-state index in [1.807, 2.05) is 0 Å². The van der Waals surface area contributed by atoms with Gasteiger partial charge in [-0.25, -0.2) is 0 Å². The van der Waals surface area contributed by atoms with Crippen LogP contribution >= 0.6 is 0 Å². The molecule has 0 spiro atoms. The molecule has 10 rings (SSSR count). The Hall–Kier alpha value is -5.60. The predicted molar refractivity (Wildman–Crippen MR) is 218 cm³/mol. The van der Waals surface area contributed by atoms with Crippen LogP contribution in [0.4, 0.5) is 0 Å². The van der Waals surface area contributed by atoms with Crippen LogP contribution in [-0.2, 0) is 10.8 Å². The van der Waals surface area contributed by atoms with E-state index in [9.17, 15) is 0 Å². The summed E-state index contributed by atoms with van der Waals surface area (Å²) in [5, 5.41) is 7.85. The van der Waals surface area contributed by atoms with E-state index < -0.39 is 0 Å².